The van der Waals surface area contributed by atoms with Crippen molar-refractivity contribution in [2.24, 2.45) is 5.41 Å². The Balaban J connectivity index is 1.45. The third kappa shape index (κ3) is 9.68. The number of hydrogen-bond acceptors (Lipinski definition) is 12. The number of alkyl halides is 3. The molecule has 55 heavy (non-hydrogen) atoms. The number of esters is 2. The Morgan fingerprint density at radius 2 is 1.71 bits per heavy atom. The lowest BCUT2D eigenvalue weighted by molar-refractivity contribution is -0.224. The van der Waals surface area contributed by atoms with Crippen molar-refractivity contribution in [3.8, 4) is 0 Å². The van der Waals surface area contributed by atoms with E-state index in [-0.39, 0.29) is 26.1 Å². The molecule has 4 aliphatic rings. The zero-order valence-corrected chi connectivity index (χ0v) is 31.3. The van der Waals surface area contributed by atoms with E-state index in [0.29, 0.717) is 24.0 Å². The fourth-order valence-corrected chi connectivity index (χ4v) is 7.95. The number of halogens is 3. The first kappa shape index (κ1) is 42.5. The van der Waals surface area contributed by atoms with Crippen LogP contribution in [0.4, 0.5) is 13.2 Å². The number of amides is 2. The summed E-state index contributed by atoms with van der Waals surface area (Å²) in [6, 6.07) is 3.81. The van der Waals surface area contributed by atoms with Crippen molar-refractivity contribution < 1.29 is 66.3 Å². The maximum Gasteiger partial charge on any atom is 0.422 e. The maximum atomic E-state index is 14.7. The van der Waals surface area contributed by atoms with E-state index >= 15 is 0 Å². The molecule has 1 aromatic carbocycles. The van der Waals surface area contributed by atoms with E-state index in [9.17, 15) is 42.6 Å². The highest BCUT2D eigenvalue weighted by Crippen LogP contribution is 2.58. The number of aliphatic hydroxyl groups excluding tert-OH is 2. The number of hydroxylamine groups is 2. The van der Waals surface area contributed by atoms with Crippen LogP contribution >= 0.6 is 0 Å². The molecule has 0 spiro atoms. The van der Waals surface area contributed by atoms with E-state index in [1.807, 2.05) is 0 Å². The van der Waals surface area contributed by atoms with Gasteiger partial charge < -0.3 is 39.8 Å². The second kappa shape index (κ2) is 18.1. The molecule has 2 bridgehead atoms. The number of aliphatic hydroxyl groups is 2. The quantitative estimate of drug-likeness (QED) is 0.0916. The molecule has 5 rings (SSSR count). The Hall–Kier alpha value is -3.61. The molecule has 306 valence electrons. The van der Waals surface area contributed by atoms with Gasteiger partial charge in [0.25, 0.3) is 0 Å². The summed E-state index contributed by atoms with van der Waals surface area (Å²) < 4.78 is 61.0. The summed E-state index contributed by atoms with van der Waals surface area (Å²) >= 11 is 0. The summed E-state index contributed by atoms with van der Waals surface area (Å²) in [6.45, 7) is 3.33. The monoisotopic (exact) mass is 783 g/mol. The number of ether oxygens (including phenoxy) is 4. The number of carbonyl (C=O) groups is 4. The van der Waals surface area contributed by atoms with Crippen molar-refractivity contribution in [3.05, 3.63) is 41.5 Å². The normalized spacial score (nSPS) is 28.0. The highest BCUT2D eigenvalue weighted by molar-refractivity contribution is 5.96. The van der Waals surface area contributed by atoms with Gasteiger partial charge in [0.15, 0.2) is 18.4 Å². The van der Waals surface area contributed by atoms with Crippen LogP contribution in [-0.2, 0) is 49.5 Å². The van der Waals surface area contributed by atoms with Gasteiger partial charge in [0.1, 0.15) is 35.9 Å². The molecule has 3 saturated heterocycles. The van der Waals surface area contributed by atoms with Crippen LogP contribution in [-0.4, -0.2) is 113 Å². The van der Waals surface area contributed by atoms with Crippen LogP contribution in [0.2, 0.25) is 0 Å². The number of unbranched alkanes of at least 4 members (excludes halogenated alkanes) is 4. The molecule has 3 aliphatic heterocycles. The number of nitrogens with zero attached hydrogens (tertiary/aromatic N) is 1. The third-order valence-corrected chi connectivity index (χ3v) is 10.6. The average Bonchev–Trinajstić information content (AvgIpc) is 3.69. The molecule has 0 radical (unpaired) electrons. The molecule has 3 heterocycles. The summed E-state index contributed by atoms with van der Waals surface area (Å²) in [7, 11) is 0. The van der Waals surface area contributed by atoms with Gasteiger partial charge in [-0.1, -0.05) is 63.8 Å². The second-order valence-electron chi connectivity index (χ2n) is 14.7. The molecule has 17 heteroatoms. The van der Waals surface area contributed by atoms with Crippen molar-refractivity contribution >= 4 is 29.8 Å². The van der Waals surface area contributed by atoms with Crippen LogP contribution in [0.15, 0.2) is 30.3 Å². The highest BCUT2D eigenvalue weighted by atomic mass is 19.4. The molecule has 4 fully saturated rings. The van der Waals surface area contributed by atoms with Crippen LogP contribution < -0.4 is 10.6 Å². The van der Waals surface area contributed by atoms with Crippen LogP contribution in [0.1, 0.15) is 89.7 Å². The second-order valence-corrected chi connectivity index (χ2v) is 14.7. The summed E-state index contributed by atoms with van der Waals surface area (Å²) in [5.74, 6) is -4.34. The topological polar surface area (TPSA) is 182 Å². The minimum absolute atomic E-state index is 0.0140. The number of nitrogens with one attached hydrogen (secondary N) is 2. The Kier molecular flexibility index (Phi) is 14.0. The zero-order valence-electron chi connectivity index (χ0n) is 31.3. The largest absolute Gasteiger partial charge is 0.458 e. The van der Waals surface area contributed by atoms with Gasteiger partial charge in [-0.05, 0) is 37.0 Å². The molecule has 1 saturated carbocycles. The van der Waals surface area contributed by atoms with E-state index in [1.54, 1.807) is 24.3 Å². The van der Waals surface area contributed by atoms with Gasteiger partial charge in [-0.15, -0.1) is 0 Å². The van der Waals surface area contributed by atoms with Crippen LogP contribution in [0.25, 0.3) is 6.08 Å². The molecule has 4 N–H and O–H groups in total. The van der Waals surface area contributed by atoms with E-state index in [1.165, 1.54) is 18.1 Å². The minimum Gasteiger partial charge on any atom is -0.458 e. The minimum atomic E-state index is -4.65. The van der Waals surface area contributed by atoms with E-state index < -0.39 is 90.3 Å². The van der Waals surface area contributed by atoms with Gasteiger partial charge in [-0.3, -0.25) is 19.2 Å². The van der Waals surface area contributed by atoms with Crippen molar-refractivity contribution in [1.29, 1.82) is 0 Å². The summed E-state index contributed by atoms with van der Waals surface area (Å²) in [4.78, 5) is 60.1. The van der Waals surface area contributed by atoms with E-state index in [2.05, 4.69) is 29.2 Å². The van der Waals surface area contributed by atoms with Gasteiger partial charge in [0.05, 0.1) is 19.3 Å². The van der Waals surface area contributed by atoms with E-state index in [0.717, 1.165) is 44.6 Å². The molecular weight excluding hydrogens is 731 g/mol. The average molecular weight is 784 g/mol. The van der Waals surface area contributed by atoms with Gasteiger partial charge in [-0.2, -0.15) is 18.2 Å². The Morgan fingerprint density at radius 3 is 2.31 bits per heavy atom. The lowest BCUT2D eigenvalue weighted by atomic mass is 9.62. The first-order valence-electron chi connectivity index (χ1n) is 19.0. The van der Waals surface area contributed by atoms with Crippen molar-refractivity contribution in [1.82, 2.24) is 15.7 Å². The van der Waals surface area contributed by atoms with Gasteiger partial charge >= 0.3 is 18.1 Å². The highest BCUT2D eigenvalue weighted by Gasteiger charge is 2.76. The number of carbonyl (C=O) groups excluding carboxylic acids is 4. The van der Waals surface area contributed by atoms with Crippen LogP contribution in [0, 0.1) is 5.41 Å². The van der Waals surface area contributed by atoms with E-state index in [4.69, 9.17) is 19.0 Å². The smallest absolute Gasteiger partial charge is 0.422 e. The zero-order chi connectivity index (χ0) is 40.0. The van der Waals surface area contributed by atoms with Crippen molar-refractivity contribution in [3.63, 3.8) is 0 Å². The number of benzene rings is 1. The van der Waals surface area contributed by atoms with Crippen LogP contribution in [0.5, 0.6) is 0 Å². The molecular formula is C38H52F3N3O11. The summed E-state index contributed by atoms with van der Waals surface area (Å²) in [5.41, 5.74) is -0.554. The van der Waals surface area contributed by atoms with Crippen molar-refractivity contribution in [2.75, 3.05) is 19.8 Å². The lowest BCUT2D eigenvalue weighted by Crippen LogP contribution is -2.71. The number of hydrogen-bond donors (Lipinski definition) is 4. The predicted octanol–water partition coefficient (Wildman–Crippen LogP) is 3.22. The molecule has 2 amide bonds. The summed E-state index contributed by atoms with van der Waals surface area (Å²) in [6.07, 6.45) is -0.655. The number of fused-ring (bicyclic) bond motifs is 4. The first-order chi connectivity index (χ1) is 26.2. The Labute approximate surface area is 318 Å². The molecule has 1 aliphatic carbocycles. The van der Waals surface area contributed by atoms with Gasteiger partial charge in [-0.25, -0.2) is 4.79 Å². The predicted molar refractivity (Wildman–Crippen MR) is 188 cm³/mol. The van der Waals surface area contributed by atoms with Gasteiger partial charge in [0, 0.05) is 31.9 Å². The standard InChI is InChI=1S/C38H52F3N3O11/c1-4-6-8-16-36(17-9-7-5-2)53-29-26-20-37(35(50)43-28(23(3)46)33(48)42-18-19-45)31(34(49)52-26)44(55-32(37)30(29)54-36)21-25-12-10-24(11-13-25)14-15-27(47)51-22-38(39,40)41/h10-15,23,26,28-32,45-46H,4-9,16-22H2,1-3H3,(H,42,48)(H,43,50)/t23-,26?,28+,29-,30-,31-,32+,37?/m0/s1. The van der Waals surface area contributed by atoms with Crippen LogP contribution in [0.3, 0.4) is 0 Å². The number of rotatable bonds is 19. The molecule has 0 aromatic heterocycles. The van der Waals surface area contributed by atoms with Gasteiger partial charge in [0.2, 0.25) is 11.8 Å². The fraction of sp³-hybridized carbons (Fsp3) is 0.684. The molecule has 1 aromatic rings. The Morgan fingerprint density at radius 1 is 1.05 bits per heavy atom. The molecule has 2 unspecified atom stereocenters. The molecule has 14 nitrogen and oxygen atoms in total. The third-order valence-electron chi connectivity index (χ3n) is 10.6. The lowest BCUT2D eigenvalue weighted by Gasteiger charge is -2.49. The SMILES string of the molecule is CCCCCC1(CCCCC)O[C@@H]2[C@H]3ON(Cc4ccc(C=CC(=O)OCC(F)(F)F)cc4)[C@H]4C(=O)OC(CC34C(=O)N[C@@H](C(=O)NCCO)[C@H](C)O)[C@@H]2O1. The first-order valence-corrected chi connectivity index (χ1v) is 19.0. The maximum absolute atomic E-state index is 14.7. The Bertz CT molecular complexity index is 1530. The summed E-state index contributed by atoms with van der Waals surface area (Å²) in [5, 5.41) is 26.3. The molecule has 8 atom stereocenters. The van der Waals surface area contributed by atoms with Crippen molar-refractivity contribution in [2.45, 2.75) is 140 Å². The fourth-order valence-electron chi connectivity index (χ4n) is 7.95.